The summed E-state index contributed by atoms with van der Waals surface area (Å²) in [5.41, 5.74) is 1.51. The number of allylic oxidation sites excluding steroid dienone is 2. The monoisotopic (exact) mass is 165 g/mol. The molecule has 1 saturated heterocycles. The van der Waals surface area contributed by atoms with Gasteiger partial charge in [-0.3, -0.25) is 4.90 Å². The lowest BCUT2D eigenvalue weighted by molar-refractivity contribution is 0.344. The van der Waals surface area contributed by atoms with Gasteiger partial charge in [-0.2, -0.15) is 0 Å². The summed E-state index contributed by atoms with van der Waals surface area (Å²) in [6.07, 6.45) is 7.94. The molecule has 0 aromatic carbocycles. The molecule has 0 saturated carbocycles. The zero-order chi connectivity index (χ0) is 8.97. The molecule has 0 spiro atoms. The summed E-state index contributed by atoms with van der Waals surface area (Å²) in [5.74, 6) is 0. The molecule has 1 nitrogen and oxygen atoms in total. The van der Waals surface area contributed by atoms with Gasteiger partial charge in [-0.1, -0.05) is 17.7 Å². The Morgan fingerprint density at radius 2 is 2.42 bits per heavy atom. The van der Waals surface area contributed by atoms with Crippen molar-refractivity contribution in [1.29, 1.82) is 0 Å². The van der Waals surface area contributed by atoms with E-state index in [-0.39, 0.29) is 0 Å². The SMILES string of the molecule is C=CC/C=C(/C)[C@@H]1CCCN1C. The van der Waals surface area contributed by atoms with E-state index in [0.717, 1.165) is 6.42 Å². The minimum Gasteiger partial charge on any atom is -0.300 e. The number of nitrogens with zero attached hydrogens (tertiary/aromatic N) is 1. The molecule has 1 rings (SSSR count). The Morgan fingerprint density at radius 3 is 2.92 bits per heavy atom. The summed E-state index contributed by atoms with van der Waals surface area (Å²) < 4.78 is 0. The number of hydrogen-bond acceptors (Lipinski definition) is 1. The maximum Gasteiger partial charge on any atom is 0.0302 e. The first kappa shape index (κ1) is 9.53. The van der Waals surface area contributed by atoms with Gasteiger partial charge >= 0.3 is 0 Å². The molecule has 1 heteroatoms. The Morgan fingerprint density at radius 1 is 1.67 bits per heavy atom. The van der Waals surface area contributed by atoms with Crippen LogP contribution in [0.15, 0.2) is 24.3 Å². The van der Waals surface area contributed by atoms with Crippen molar-refractivity contribution < 1.29 is 0 Å². The van der Waals surface area contributed by atoms with E-state index in [2.05, 4.69) is 31.5 Å². The van der Waals surface area contributed by atoms with Crippen LogP contribution in [0.2, 0.25) is 0 Å². The maximum atomic E-state index is 3.72. The van der Waals surface area contributed by atoms with Crippen LogP contribution in [0.4, 0.5) is 0 Å². The second-order valence-electron chi connectivity index (χ2n) is 3.61. The molecule has 68 valence electrons. The lowest BCUT2D eigenvalue weighted by atomic mass is 10.1. The van der Waals surface area contributed by atoms with Crippen molar-refractivity contribution in [3.05, 3.63) is 24.3 Å². The molecule has 0 aromatic heterocycles. The number of likely N-dealkylation sites (tertiary alicyclic amines) is 1. The fourth-order valence-corrected chi connectivity index (χ4v) is 1.89. The fraction of sp³-hybridized carbons (Fsp3) is 0.636. The van der Waals surface area contributed by atoms with Crippen LogP contribution < -0.4 is 0 Å². The van der Waals surface area contributed by atoms with Crippen molar-refractivity contribution in [2.45, 2.75) is 32.2 Å². The zero-order valence-electron chi connectivity index (χ0n) is 8.21. The van der Waals surface area contributed by atoms with Crippen molar-refractivity contribution in [3.8, 4) is 0 Å². The largest absolute Gasteiger partial charge is 0.300 e. The van der Waals surface area contributed by atoms with Crippen LogP contribution in [0.5, 0.6) is 0 Å². The van der Waals surface area contributed by atoms with E-state index >= 15 is 0 Å². The van der Waals surface area contributed by atoms with E-state index in [4.69, 9.17) is 0 Å². The summed E-state index contributed by atoms with van der Waals surface area (Å²) in [7, 11) is 2.21. The van der Waals surface area contributed by atoms with E-state index in [1.165, 1.54) is 25.0 Å². The molecule has 1 atom stereocenters. The summed E-state index contributed by atoms with van der Waals surface area (Å²) in [6, 6.07) is 0.699. The predicted octanol–water partition coefficient (Wildman–Crippen LogP) is 2.60. The second-order valence-corrected chi connectivity index (χ2v) is 3.61. The molecule has 0 amide bonds. The molecule has 1 heterocycles. The highest BCUT2D eigenvalue weighted by Gasteiger charge is 2.21. The summed E-state index contributed by atoms with van der Waals surface area (Å²) in [4.78, 5) is 2.44. The van der Waals surface area contributed by atoms with Crippen molar-refractivity contribution in [2.75, 3.05) is 13.6 Å². The molecule has 1 aliphatic heterocycles. The molecule has 1 aliphatic rings. The van der Waals surface area contributed by atoms with Crippen molar-refractivity contribution >= 4 is 0 Å². The van der Waals surface area contributed by atoms with Gasteiger partial charge in [0, 0.05) is 6.04 Å². The first-order valence-electron chi connectivity index (χ1n) is 4.73. The highest BCUT2D eigenvalue weighted by atomic mass is 15.1. The number of likely N-dealkylation sites (N-methyl/N-ethyl adjacent to an activating group) is 1. The molecule has 0 unspecified atom stereocenters. The molecular formula is C11H19N. The third kappa shape index (κ3) is 2.21. The van der Waals surface area contributed by atoms with E-state index < -0.39 is 0 Å². The number of rotatable bonds is 3. The van der Waals surface area contributed by atoms with E-state index in [9.17, 15) is 0 Å². The molecule has 0 aromatic rings. The van der Waals surface area contributed by atoms with Gasteiger partial charge in [0.2, 0.25) is 0 Å². The Kier molecular flexibility index (Phi) is 3.54. The van der Waals surface area contributed by atoms with E-state index in [1.54, 1.807) is 0 Å². The Balaban J connectivity index is 2.50. The smallest absolute Gasteiger partial charge is 0.0302 e. The predicted molar refractivity (Wildman–Crippen MR) is 54.2 cm³/mol. The molecule has 0 radical (unpaired) electrons. The van der Waals surface area contributed by atoms with Crippen LogP contribution in [-0.4, -0.2) is 24.5 Å². The quantitative estimate of drug-likeness (QED) is 0.581. The van der Waals surface area contributed by atoms with Crippen LogP contribution in [-0.2, 0) is 0 Å². The van der Waals surface area contributed by atoms with Gasteiger partial charge in [0.15, 0.2) is 0 Å². The lowest BCUT2D eigenvalue weighted by Gasteiger charge is -2.19. The van der Waals surface area contributed by atoms with Gasteiger partial charge in [0.25, 0.3) is 0 Å². The first-order valence-corrected chi connectivity index (χ1v) is 4.73. The maximum absolute atomic E-state index is 3.72. The highest BCUT2D eigenvalue weighted by Crippen LogP contribution is 2.21. The third-order valence-electron chi connectivity index (χ3n) is 2.65. The standard InChI is InChI=1S/C11H19N/c1-4-5-7-10(2)11-8-6-9-12(11)3/h4,7,11H,1,5-6,8-9H2,2-3H3/b10-7-/t11-/m0/s1. The van der Waals surface area contributed by atoms with Gasteiger partial charge < -0.3 is 0 Å². The topological polar surface area (TPSA) is 3.24 Å². The second kappa shape index (κ2) is 4.46. The Hall–Kier alpha value is -0.560. The van der Waals surface area contributed by atoms with Crippen LogP contribution in [0, 0.1) is 0 Å². The average Bonchev–Trinajstić information content (AvgIpc) is 2.47. The minimum atomic E-state index is 0.699. The summed E-state index contributed by atoms with van der Waals surface area (Å²) in [6.45, 7) is 7.21. The van der Waals surface area contributed by atoms with Gasteiger partial charge in [-0.05, 0) is 39.8 Å². The number of hydrogen-bond donors (Lipinski definition) is 0. The molecular weight excluding hydrogens is 146 g/mol. The summed E-state index contributed by atoms with van der Waals surface area (Å²) >= 11 is 0. The zero-order valence-corrected chi connectivity index (χ0v) is 8.21. The van der Waals surface area contributed by atoms with Crippen molar-refractivity contribution in [2.24, 2.45) is 0 Å². The van der Waals surface area contributed by atoms with Crippen LogP contribution in [0.1, 0.15) is 26.2 Å². The average molecular weight is 165 g/mol. The Bertz CT molecular complexity index is 181. The van der Waals surface area contributed by atoms with E-state index in [0.29, 0.717) is 6.04 Å². The molecule has 0 aliphatic carbocycles. The first-order chi connectivity index (χ1) is 5.75. The normalized spacial score (nSPS) is 26.2. The molecule has 0 N–H and O–H groups in total. The molecule has 0 bridgehead atoms. The van der Waals surface area contributed by atoms with Crippen LogP contribution in [0.3, 0.4) is 0 Å². The van der Waals surface area contributed by atoms with Crippen LogP contribution in [0.25, 0.3) is 0 Å². The third-order valence-corrected chi connectivity index (χ3v) is 2.65. The van der Waals surface area contributed by atoms with Gasteiger partial charge in [-0.15, -0.1) is 6.58 Å². The van der Waals surface area contributed by atoms with Gasteiger partial charge in [0.05, 0.1) is 0 Å². The highest BCUT2D eigenvalue weighted by molar-refractivity contribution is 5.11. The Labute approximate surface area is 75.8 Å². The van der Waals surface area contributed by atoms with Crippen molar-refractivity contribution in [3.63, 3.8) is 0 Å². The lowest BCUT2D eigenvalue weighted by Crippen LogP contribution is -2.25. The van der Waals surface area contributed by atoms with Gasteiger partial charge in [-0.25, -0.2) is 0 Å². The minimum absolute atomic E-state index is 0.699. The molecule has 12 heavy (non-hydrogen) atoms. The van der Waals surface area contributed by atoms with Gasteiger partial charge in [0.1, 0.15) is 0 Å². The fourth-order valence-electron chi connectivity index (χ4n) is 1.89. The van der Waals surface area contributed by atoms with Crippen LogP contribution >= 0.6 is 0 Å². The summed E-state index contributed by atoms with van der Waals surface area (Å²) in [5, 5.41) is 0. The van der Waals surface area contributed by atoms with Crippen molar-refractivity contribution in [1.82, 2.24) is 4.90 Å². The van der Waals surface area contributed by atoms with E-state index in [1.807, 2.05) is 6.08 Å². The molecule has 1 fully saturated rings.